The highest BCUT2D eigenvalue weighted by atomic mass is 16.6. The van der Waals surface area contributed by atoms with Gasteiger partial charge in [0.25, 0.3) is 0 Å². The van der Waals surface area contributed by atoms with Crippen LogP contribution in [0.1, 0.15) is 12.5 Å². The van der Waals surface area contributed by atoms with Crippen molar-refractivity contribution in [2.75, 3.05) is 33.5 Å². The van der Waals surface area contributed by atoms with Crippen molar-refractivity contribution in [3.8, 4) is 17.2 Å². The van der Waals surface area contributed by atoms with E-state index >= 15 is 0 Å². The predicted molar refractivity (Wildman–Crippen MR) is 90.6 cm³/mol. The van der Waals surface area contributed by atoms with Crippen LogP contribution >= 0.6 is 0 Å². The van der Waals surface area contributed by atoms with Gasteiger partial charge in [-0.1, -0.05) is 31.2 Å². The number of rotatable bonds is 10. The van der Waals surface area contributed by atoms with Crippen molar-refractivity contribution in [1.29, 1.82) is 0 Å². The van der Waals surface area contributed by atoms with Crippen LogP contribution in [0.15, 0.2) is 48.5 Å². The molecular weight excluding hydrogens is 292 g/mol. The van der Waals surface area contributed by atoms with Crippen LogP contribution in [-0.2, 0) is 11.2 Å². The van der Waals surface area contributed by atoms with Crippen molar-refractivity contribution in [3.63, 3.8) is 0 Å². The Labute approximate surface area is 137 Å². The first-order valence-corrected chi connectivity index (χ1v) is 7.88. The minimum absolute atomic E-state index is 0.478. The van der Waals surface area contributed by atoms with Crippen molar-refractivity contribution in [3.05, 3.63) is 54.1 Å². The molecule has 0 amide bonds. The van der Waals surface area contributed by atoms with Crippen LogP contribution in [0.5, 0.6) is 17.2 Å². The van der Waals surface area contributed by atoms with Gasteiger partial charge in [0.2, 0.25) is 0 Å². The van der Waals surface area contributed by atoms with Gasteiger partial charge in [-0.2, -0.15) is 0 Å². The zero-order valence-corrected chi connectivity index (χ0v) is 13.8. The van der Waals surface area contributed by atoms with Gasteiger partial charge in [-0.3, -0.25) is 0 Å². The van der Waals surface area contributed by atoms with Crippen LogP contribution < -0.4 is 14.2 Å². The topological polar surface area (TPSA) is 36.9 Å². The summed E-state index contributed by atoms with van der Waals surface area (Å²) in [6.07, 6.45) is 1.04. The first-order chi connectivity index (χ1) is 11.3. The van der Waals surface area contributed by atoms with E-state index in [4.69, 9.17) is 18.9 Å². The smallest absolute Gasteiger partial charge is 0.161 e. The van der Waals surface area contributed by atoms with Gasteiger partial charge in [-0.25, -0.2) is 0 Å². The second-order valence-corrected chi connectivity index (χ2v) is 4.96. The van der Waals surface area contributed by atoms with Gasteiger partial charge in [0, 0.05) is 0 Å². The normalized spacial score (nSPS) is 10.3. The summed E-state index contributed by atoms with van der Waals surface area (Å²) in [5, 5.41) is 0. The Morgan fingerprint density at radius 2 is 1.39 bits per heavy atom. The molecule has 0 saturated heterocycles. The SMILES string of the molecule is CCc1ccc(OCCOCCOc2ccccc2OC)cc1. The maximum atomic E-state index is 5.63. The monoisotopic (exact) mass is 316 g/mol. The number of methoxy groups -OCH3 is 1. The van der Waals surface area contributed by atoms with Crippen LogP contribution in [-0.4, -0.2) is 33.5 Å². The predicted octanol–water partition coefficient (Wildman–Crippen LogP) is 3.73. The van der Waals surface area contributed by atoms with Gasteiger partial charge in [-0.05, 0) is 36.2 Å². The third-order valence-electron chi connectivity index (χ3n) is 3.38. The van der Waals surface area contributed by atoms with Gasteiger partial charge in [0.15, 0.2) is 11.5 Å². The fourth-order valence-corrected chi connectivity index (χ4v) is 2.09. The molecule has 0 bridgehead atoms. The second-order valence-electron chi connectivity index (χ2n) is 4.96. The van der Waals surface area contributed by atoms with Gasteiger partial charge < -0.3 is 18.9 Å². The molecule has 2 aromatic carbocycles. The third kappa shape index (κ3) is 5.83. The molecule has 0 aromatic heterocycles. The highest BCUT2D eigenvalue weighted by Gasteiger charge is 2.01. The molecule has 0 radical (unpaired) electrons. The molecule has 124 valence electrons. The summed E-state index contributed by atoms with van der Waals surface area (Å²) in [4.78, 5) is 0. The van der Waals surface area contributed by atoms with E-state index in [0.29, 0.717) is 26.4 Å². The average Bonchev–Trinajstić information content (AvgIpc) is 2.61. The molecule has 0 aliphatic rings. The van der Waals surface area contributed by atoms with Crippen molar-refractivity contribution in [2.45, 2.75) is 13.3 Å². The van der Waals surface area contributed by atoms with E-state index in [1.165, 1.54) is 5.56 Å². The number of aryl methyl sites for hydroxylation is 1. The summed E-state index contributed by atoms with van der Waals surface area (Å²) in [6, 6.07) is 15.7. The number of hydrogen-bond donors (Lipinski definition) is 0. The molecule has 0 spiro atoms. The molecule has 0 fully saturated rings. The maximum absolute atomic E-state index is 5.63. The Kier molecular flexibility index (Phi) is 7.27. The molecule has 0 saturated carbocycles. The van der Waals surface area contributed by atoms with Crippen LogP contribution in [0.2, 0.25) is 0 Å². The van der Waals surface area contributed by atoms with E-state index in [1.54, 1.807) is 7.11 Å². The largest absolute Gasteiger partial charge is 0.493 e. The summed E-state index contributed by atoms with van der Waals surface area (Å²) in [5.74, 6) is 2.33. The summed E-state index contributed by atoms with van der Waals surface area (Å²) < 4.78 is 22.0. The molecule has 23 heavy (non-hydrogen) atoms. The highest BCUT2D eigenvalue weighted by Crippen LogP contribution is 2.25. The Morgan fingerprint density at radius 1 is 0.739 bits per heavy atom. The van der Waals surface area contributed by atoms with Crippen LogP contribution in [0.25, 0.3) is 0 Å². The summed E-state index contributed by atoms with van der Waals surface area (Å²) in [5.41, 5.74) is 1.31. The fraction of sp³-hybridized carbons (Fsp3) is 0.368. The molecule has 2 aromatic rings. The van der Waals surface area contributed by atoms with Crippen LogP contribution in [0.4, 0.5) is 0 Å². The standard InChI is InChI=1S/C19H24O4/c1-3-16-8-10-17(11-9-16)22-14-12-21-13-15-23-19-7-5-4-6-18(19)20-2/h4-11H,3,12-15H2,1-2H3. The van der Waals surface area contributed by atoms with Gasteiger partial charge in [-0.15, -0.1) is 0 Å². The molecule has 0 aliphatic carbocycles. The molecular formula is C19H24O4. The van der Waals surface area contributed by atoms with E-state index in [0.717, 1.165) is 23.7 Å². The van der Waals surface area contributed by atoms with Crippen LogP contribution in [0.3, 0.4) is 0 Å². The Morgan fingerprint density at radius 3 is 2.04 bits per heavy atom. The van der Waals surface area contributed by atoms with E-state index in [2.05, 4.69) is 19.1 Å². The number of ether oxygens (including phenoxy) is 4. The van der Waals surface area contributed by atoms with E-state index in [1.807, 2.05) is 36.4 Å². The highest BCUT2D eigenvalue weighted by molar-refractivity contribution is 5.39. The lowest BCUT2D eigenvalue weighted by molar-refractivity contribution is 0.0757. The molecule has 2 rings (SSSR count). The first-order valence-electron chi connectivity index (χ1n) is 7.88. The van der Waals surface area contributed by atoms with Gasteiger partial charge >= 0.3 is 0 Å². The van der Waals surface area contributed by atoms with Crippen molar-refractivity contribution >= 4 is 0 Å². The van der Waals surface area contributed by atoms with Crippen molar-refractivity contribution < 1.29 is 18.9 Å². The molecule has 0 aliphatic heterocycles. The lowest BCUT2D eigenvalue weighted by Crippen LogP contribution is -2.12. The number of para-hydroxylation sites is 2. The third-order valence-corrected chi connectivity index (χ3v) is 3.38. The van der Waals surface area contributed by atoms with Crippen molar-refractivity contribution in [1.82, 2.24) is 0 Å². The molecule has 0 atom stereocenters. The Bertz CT molecular complexity index is 566. The van der Waals surface area contributed by atoms with E-state index in [-0.39, 0.29) is 0 Å². The molecule has 0 heterocycles. The number of benzene rings is 2. The quantitative estimate of drug-likeness (QED) is 0.626. The molecule has 0 N–H and O–H groups in total. The molecule has 0 unspecified atom stereocenters. The van der Waals surface area contributed by atoms with Gasteiger partial charge in [0.05, 0.1) is 20.3 Å². The second kappa shape index (κ2) is 9.74. The lowest BCUT2D eigenvalue weighted by Gasteiger charge is -2.11. The Balaban J connectivity index is 1.57. The minimum Gasteiger partial charge on any atom is -0.493 e. The molecule has 4 heteroatoms. The Hall–Kier alpha value is -2.20. The summed E-state index contributed by atoms with van der Waals surface area (Å²) >= 11 is 0. The summed E-state index contributed by atoms with van der Waals surface area (Å²) in [7, 11) is 1.63. The zero-order valence-electron chi connectivity index (χ0n) is 13.8. The summed E-state index contributed by atoms with van der Waals surface area (Å²) in [6.45, 7) is 4.18. The fourth-order valence-electron chi connectivity index (χ4n) is 2.09. The maximum Gasteiger partial charge on any atom is 0.161 e. The lowest BCUT2D eigenvalue weighted by atomic mass is 10.2. The van der Waals surface area contributed by atoms with E-state index in [9.17, 15) is 0 Å². The average molecular weight is 316 g/mol. The minimum atomic E-state index is 0.478. The number of hydrogen-bond acceptors (Lipinski definition) is 4. The van der Waals surface area contributed by atoms with Crippen molar-refractivity contribution in [2.24, 2.45) is 0 Å². The van der Waals surface area contributed by atoms with E-state index < -0.39 is 0 Å². The first kappa shape index (κ1) is 17.2. The molecule has 4 nitrogen and oxygen atoms in total. The zero-order chi connectivity index (χ0) is 16.3. The van der Waals surface area contributed by atoms with Crippen LogP contribution in [0, 0.1) is 0 Å². The van der Waals surface area contributed by atoms with Gasteiger partial charge in [0.1, 0.15) is 19.0 Å².